The fourth-order valence-corrected chi connectivity index (χ4v) is 2.43. The van der Waals surface area contributed by atoms with Crippen LogP contribution in [-0.4, -0.2) is 23.9 Å². The highest BCUT2D eigenvalue weighted by Crippen LogP contribution is 2.19. The zero-order valence-electron chi connectivity index (χ0n) is 10.9. The number of nitrogens with one attached hydrogen (secondary N) is 1. The summed E-state index contributed by atoms with van der Waals surface area (Å²) in [6, 6.07) is 0.400. The Hall–Kier alpha value is -1.22. The van der Waals surface area contributed by atoms with E-state index in [0.717, 1.165) is 38.5 Å². The number of hydrogen-bond donors (Lipinski definition) is 2. The summed E-state index contributed by atoms with van der Waals surface area (Å²) in [5.41, 5.74) is 1.23. The summed E-state index contributed by atoms with van der Waals surface area (Å²) in [4.78, 5) is 0. The van der Waals surface area contributed by atoms with E-state index in [0.29, 0.717) is 18.5 Å². The summed E-state index contributed by atoms with van der Waals surface area (Å²) in [5, 5.41) is 12.7. The molecule has 0 spiro atoms. The first kappa shape index (κ1) is 13.2. The fourth-order valence-electron chi connectivity index (χ4n) is 2.43. The van der Waals surface area contributed by atoms with E-state index in [-0.39, 0.29) is 6.10 Å². The molecule has 1 saturated carbocycles. The minimum atomic E-state index is -0.116. The summed E-state index contributed by atoms with van der Waals surface area (Å²) in [7, 11) is 0. The van der Waals surface area contributed by atoms with Gasteiger partial charge in [0.15, 0.2) is 5.88 Å². The molecule has 0 unspecified atom stereocenters. The van der Waals surface area contributed by atoms with Crippen LogP contribution in [0, 0.1) is 0 Å². The standard InChI is InChI=1S/C15H23NO2/c1-12(16-14-7-9-15(17)10-8-14)18-11-13-5-3-2-4-6-13/h3,5-6,14-17H,1-2,4,7-11H2. The zero-order valence-corrected chi connectivity index (χ0v) is 10.9. The normalized spacial score (nSPS) is 27.5. The van der Waals surface area contributed by atoms with E-state index in [1.54, 1.807) is 0 Å². The van der Waals surface area contributed by atoms with Crippen molar-refractivity contribution in [3.8, 4) is 0 Å². The van der Waals surface area contributed by atoms with Gasteiger partial charge in [-0.2, -0.15) is 0 Å². The monoisotopic (exact) mass is 249 g/mol. The van der Waals surface area contributed by atoms with Crippen molar-refractivity contribution in [3.05, 3.63) is 36.3 Å². The molecule has 0 atom stereocenters. The number of rotatable bonds is 5. The van der Waals surface area contributed by atoms with Crippen molar-refractivity contribution in [2.75, 3.05) is 6.61 Å². The summed E-state index contributed by atoms with van der Waals surface area (Å²) >= 11 is 0. The molecule has 0 aromatic rings. The van der Waals surface area contributed by atoms with Crippen molar-refractivity contribution < 1.29 is 9.84 Å². The van der Waals surface area contributed by atoms with Crippen LogP contribution in [0.3, 0.4) is 0 Å². The van der Waals surface area contributed by atoms with Gasteiger partial charge in [0.05, 0.1) is 6.10 Å². The van der Waals surface area contributed by atoms with Gasteiger partial charge in [-0.25, -0.2) is 0 Å². The predicted molar refractivity (Wildman–Crippen MR) is 72.9 cm³/mol. The molecule has 2 N–H and O–H groups in total. The molecule has 0 amide bonds. The Morgan fingerprint density at radius 1 is 1.33 bits per heavy atom. The largest absolute Gasteiger partial charge is 0.475 e. The molecule has 0 bridgehead atoms. The maximum absolute atomic E-state index is 9.44. The highest BCUT2D eigenvalue weighted by Gasteiger charge is 2.19. The Kier molecular flexibility index (Phi) is 4.88. The number of hydrogen-bond acceptors (Lipinski definition) is 3. The first-order valence-corrected chi connectivity index (χ1v) is 6.86. The molecule has 0 aromatic carbocycles. The molecule has 0 saturated heterocycles. The molecule has 18 heavy (non-hydrogen) atoms. The van der Waals surface area contributed by atoms with E-state index in [4.69, 9.17) is 4.74 Å². The van der Waals surface area contributed by atoms with E-state index in [2.05, 4.69) is 30.1 Å². The van der Waals surface area contributed by atoms with Gasteiger partial charge >= 0.3 is 0 Å². The molecule has 1 fully saturated rings. The lowest BCUT2D eigenvalue weighted by Gasteiger charge is -2.27. The van der Waals surface area contributed by atoms with Crippen LogP contribution in [0.2, 0.25) is 0 Å². The Labute approximate surface area is 109 Å². The smallest absolute Gasteiger partial charge is 0.179 e. The molecule has 0 radical (unpaired) electrons. The van der Waals surface area contributed by atoms with Crippen LogP contribution in [0.1, 0.15) is 38.5 Å². The van der Waals surface area contributed by atoms with Crippen LogP contribution in [0.15, 0.2) is 36.3 Å². The van der Waals surface area contributed by atoms with Gasteiger partial charge in [0.2, 0.25) is 0 Å². The Morgan fingerprint density at radius 3 is 2.78 bits per heavy atom. The third-order valence-electron chi connectivity index (χ3n) is 3.55. The SMILES string of the molecule is C=C(NC1CCC(O)CC1)OCC1=CCCC=C1. The molecular formula is C15H23NO2. The Bertz CT molecular complexity index is 338. The molecule has 2 aliphatic rings. The van der Waals surface area contributed by atoms with Gasteiger partial charge in [0.1, 0.15) is 6.61 Å². The molecule has 3 heteroatoms. The summed E-state index contributed by atoms with van der Waals surface area (Å²) in [5.74, 6) is 0.649. The topological polar surface area (TPSA) is 41.5 Å². The molecule has 100 valence electrons. The van der Waals surface area contributed by atoms with Crippen molar-refractivity contribution >= 4 is 0 Å². The van der Waals surface area contributed by atoms with Crippen LogP contribution >= 0.6 is 0 Å². The van der Waals surface area contributed by atoms with Crippen LogP contribution in [0.5, 0.6) is 0 Å². The van der Waals surface area contributed by atoms with Gasteiger partial charge in [-0.1, -0.05) is 18.2 Å². The van der Waals surface area contributed by atoms with Gasteiger partial charge in [0, 0.05) is 6.04 Å². The number of aliphatic hydroxyl groups is 1. The second-order valence-electron chi connectivity index (χ2n) is 5.12. The van der Waals surface area contributed by atoms with Crippen LogP contribution in [0.4, 0.5) is 0 Å². The minimum Gasteiger partial charge on any atom is -0.475 e. The van der Waals surface area contributed by atoms with Crippen molar-refractivity contribution in [3.63, 3.8) is 0 Å². The lowest BCUT2D eigenvalue weighted by Crippen LogP contribution is -2.34. The summed E-state index contributed by atoms with van der Waals surface area (Å²) < 4.78 is 5.62. The fraction of sp³-hybridized carbons (Fsp3) is 0.600. The van der Waals surface area contributed by atoms with Gasteiger partial charge in [-0.05, 0) is 50.7 Å². The van der Waals surface area contributed by atoms with E-state index < -0.39 is 0 Å². The molecule has 0 aliphatic heterocycles. The van der Waals surface area contributed by atoms with Crippen LogP contribution in [-0.2, 0) is 4.74 Å². The molecular weight excluding hydrogens is 226 g/mol. The molecule has 0 aromatic heterocycles. The summed E-state index contributed by atoms with van der Waals surface area (Å²) in [6.45, 7) is 4.50. The third-order valence-corrected chi connectivity index (χ3v) is 3.55. The first-order valence-electron chi connectivity index (χ1n) is 6.86. The van der Waals surface area contributed by atoms with Crippen molar-refractivity contribution in [1.82, 2.24) is 5.32 Å². The minimum absolute atomic E-state index is 0.116. The van der Waals surface area contributed by atoms with Gasteiger partial charge < -0.3 is 15.2 Å². The highest BCUT2D eigenvalue weighted by molar-refractivity contribution is 5.22. The van der Waals surface area contributed by atoms with Crippen LogP contribution < -0.4 is 5.32 Å². The number of aliphatic hydroxyl groups excluding tert-OH is 1. The van der Waals surface area contributed by atoms with Crippen molar-refractivity contribution in [2.24, 2.45) is 0 Å². The quantitative estimate of drug-likeness (QED) is 0.736. The average Bonchev–Trinajstić information content (AvgIpc) is 2.40. The third kappa shape index (κ3) is 4.22. The average molecular weight is 249 g/mol. The van der Waals surface area contributed by atoms with E-state index in [1.807, 2.05) is 0 Å². The zero-order chi connectivity index (χ0) is 12.8. The van der Waals surface area contributed by atoms with Gasteiger partial charge in [-0.3, -0.25) is 0 Å². The molecule has 2 aliphatic carbocycles. The first-order chi connectivity index (χ1) is 8.74. The highest BCUT2D eigenvalue weighted by atomic mass is 16.5. The van der Waals surface area contributed by atoms with Gasteiger partial charge in [-0.15, -0.1) is 0 Å². The van der Waals surface area contributed by atoms with Gasteiger partial charge in [0.25, 0.3) is 0 Å². The Balaban J connectivity index is 1.66. The predicted octanol–water partition coefficient (Wildman–Crippen LogP) is 2.64. The molecule has 0 heterocycles. The van der Waals surface area contributed by atoms with Crippen molar-refractivity contribution in [2.45, 2.75) is 50.7 Å². The van der Waals surface area contributed by atoms with E-state index >= 15 is 0 Å². The van der Waals surface area contributed by atoms with Crippen molar-refractivity contribution in [1.29, 1.82) is 0 Å². The van der Waals surface area contributed by atoms with E-state index in [9.17, 15) is 5.11 Å². The van der Waals surface area contributed by atoms with E-state index in [1.165, 1.54) is 5.57 Å². The second-order valence-corrected chi connectivity index (χ2v) is 5.12. The summed E-state index contributed by atoms with van der Waals surface area (Å²) in [6.07, 6.45) is 12.4. The van der Waals surface area contributed by atoms with Crippen LogP contribution in [0.25, 0.3) is 0 Å². The second kappa shape index (κ2) is 6.64. The molecule has 3 nitrogen and oxygen atoms in total. The lowest BCUT2D eigenvalue weighted by atomic mass is 9.93. The molecule has 2 rings (SSSR count). The Morgan fingerprint density at radius 2 is 2.11 bits per heavy atom. The number of allylic oxidation sites excluding steroid dienone is 2. The lowest BCUT2D eigenvalue weighted by molar-refractivity contribution is 0.111. The maximum atomic E-state index is 9.44. The maximum Gasteiger partial charge on any atom is 0.179 e. The number of ether oxygens (including phenoxy) is 1.